The van der Waals surface area contributed by atoms with Gasteiger partial charge in [-0.2, -0.15) is 0 Å². The fourth-order valence-electron chi connectivity index (χ4n) is 3.49. The lowest BCUT2D eigenvalue weighted by Gasteiger charge is -2.35. The Hall–Kier alpha value is -2.28. The molecule has 1 atom stereocenters. The lowest BCUT2D eigenvalue weighted by atomic mass is 10.1. The van der Waals surface area contributed by atoms with E-state index in [0.717, 1.165) is 50.0 Å². The zero-order valence-corrected chi connectivity index (χ0v) is 15.4. The number of β-amino-alcohol motifs (C(OH)–C–C–N with tert-alkyl or cyclic N) is 1. The summed E-state index contributed by atoms with van der Waals surface area (Å²) in [6, 6.07) is 15.8. The van der Waals surface area contributed by atoms with Crippen molar-refractivity contribution in [2.45, 2.75) is 12.6 Å². The molecule has 144 valence electrons. The van der Waals surface area contributed by atoms with Gasteiger partial charge in [0, 0.05) is 39.3 Å². The fraction of sp³-hybridized carbons (Fsp3) is 0.429. The maximum Gasteiger partial charge on any atom is 0.231 e. The summed E-state index contributed by atoms with van der Waals surface area (Å²) < 4.78 is 16.5. The second kappa shape index (κ2) is 8.61. The molecule has 0 spiro atoms. The molecule has 0 aliphatic carbocycles. The SMILES string of the molecule is O[C@@H](COc1ccccc1)CN1CCN(Cc2ccc3c(c2)OCO3)CC1. The molecule has 0 bridgehead atoms. The van der Waals surface area contributed by atoms with Crippen LogP contribution in [0, 0.1) is 0 Å². The van der Waals surface area contributed by atoms with Crippen LogP contribution in [-0.2, 0) is 6.54 Å². The van der Waals surface area contributed by atoms with E-state index in [1.165, 1.54) is 5.56 Å². The Kier molecular flexibility index (Phi) is 5.77. The summed E-state index contributed by atoms with van der Waals surface area (Å²) in [5.74, 6) is 2.47. The van der Waals surface area contributed by atoms with Crippen LogP contribution in [0.4, 0.5) is 0 Å². The number of para-hydroxylation sites is 1. The Morgan fingerprint density at radius 2 is 1.67 bits per heavy atom. The van der Waals surface area contributed by atoms with Gasteiger partial charge in [0.05, 0.1) is 0 Å². The molecule has 0 unspecified atom stereocenters. The van der Waals surface area contributed by atoms with Crippen molar-refractivity contribution in [3.05, 3.63) is 54.1 Å². The lowest BCUT2D eigenvalue weighted by molar-refractivity contribution is 0.0446. The Labute approximate surface area is 159 Å². The molecule has 2 aliphatic heterocycles. The van der Waals surface area contributed by atoms with E-state index >= 15 is 0 Å². The number of benzene rings is 2. The predicted octanol–water partition coefficient (Wildman–Crippen LogP) is 1.97. The van der Waals surface area contributed by atoms with Crippen molar-refractivity contribution in [3.63, 3.8) is 0 Å². The fourth-order valence-corrected chi connectivity index (χ4v) is 3.49. The van der Waals surface area contributed by atoms with Crippen molar-refractivity contribution in [3.8, 4) is 17.2 Å². The van der Waals surface area contributed by atoms with Gasteiger partial charge in [-0.05, 0) is 29.8 Å². The minimum atomic E-state index is -0.481. The van der Waals surface area contributed by atoms with E-state index in [9.17, 15) is 5.11 Å². The van der Waals surface area contributed by atoms with Gasteiger partial charge in [-0.3, -0.25) is 9.80 Å². The molecule has 6 nitrogen and oxygen atoms in total. The van der Waals surface area contributed by atoms with Crippen molar-refractivity contribution in [1.29, 1.82) is 0 Å². The number of rotatable bonds is 7. The molecule has 0 amide bonds. The van der Waals surface area contributed by atoms with Crippen LogP contribution in [0.3, 0.4) is 0 Å². The van der Waals surface area contributed by atoms with Crippen LogP contribution in [0.25, 0.3) is 0 Å². The number of hydrogen-bond acceptors (Lipinski definition) is 6. The standard InChI is InChI=1S/C21H26N2O4/c24-18(15-25-19-4-2-1-3-5-19)14-23-10-8-22(9-11-23)13-17-6-7-20-21(12-17)27-16-26-20/h1-7,12,18,24H,8-11,13-16H2/t18-/m1/s1. The Balaban J connectivity index is 1.18. The molecule has 0 radical (unpaired) electrons. The van der Waals surface area contributed by atoms with Gasteiger partial charge in [0.15, 0.2) is 11.5 Å². The first-order valence-corrected chi connectivity index (χ1v) is 9.45. The number of nitrogens with zero attached hydrogens (tertiary/aromatic N) is 2. The molecule has 0 aromatic heterocycles. The molecule has 2 aromatic carbocycles. The highest BCUT2D eigenvalue weighted by Crippen LogP contribution is 2.32. The van der Waals surface area contributed by atoms with E-state index in [4.69, 9.17) is 14.2 Å². The third-order valence-corrected chi connectivity index (χ3v) is 4.96. The molecule has 4 rings (SSSR count). The van der Waals surface area contributed by atoms with Gasteiger partial charge in [0.25, 0.3) is 0 Å². The maximum atomic E-state index is 10.2. The highest BCUT2D eigenvalue weighted by molar-refractivity contribution is 5.44. The van der Waals surface area contributed by atoms with Crippen molar-refractivity contribution >= 4 is 0 Å². The molecular formula is C21H26N2O4. The number of ether oxygens (including phenoxy) is 3. The van der Waals surface area contributed by atoms with Gasteiger partial charge in [0.2, 0.25) is 6.79 Å². The molecule has 1 fully saturated rings. The van der Waals surface area contributed by atoms with Crippen LogP contribution in [0.15, 0.2) is 48.5 Å². The maximum absolute atomic E-state index is 10.2. The Bertz CT molecular complexity index is 732. The van der Waals surface area contributed by atoms with E-state index in [2.05, 4.69) is 21.9 Å². The summed E-state index contributed by atoms with van der Waals surface area (Å²) in [4.78, 5) is 4.73. The minimum Gasteiger partial charge on any atom is -0.491 e. The van der Waals surface area contributed by atoms with Crippen molar-refractivity contribution in [2.24, 2.45) is 0 Å². The average molecular weight is 370 g/mol. The Morgan fingerprint density at radius 3 is 2.48 bits per heavy atom. The summed E-state index contributed by atoms with van der Waals surface area (Å²) in [7, 11) is 0. The second-order valence-electron chi connectivity index (χ2n) is 7.04. The molecule has 27 heavy (non-hydrogen) atoms. The predicted molar refractivity (Wildman–Crippen MR) is 102 cm³/mol. The zero-order valence-electron chi connectivity index (χ0n) is 15.4. The van der Waals surface area contributed by atoms with Crippen molar-refractivity contribution in [2.75, 3.05) is 46.1 Å². The minimum absolute atomic E-state index is 0.313. The average Bonchev–Trinajstić information content (AvgIpc) is 3.17. The normalized spacial score (nSPS) is 18.4. The summed E-state index contributed by atoms with van der Waals surface area (Å²) in [6.07, 6.45) is -0.481. The molecule has 2 heterocycles. The second-order valence-corrected chi connectivity index (χ2v) is 7.04. The largest absolute Gasteiger partial charge is 0.491 e. The van der Waals surface area contributed by atoms with Crippen LogP contribution in [-0.4, -0.2) is 67.1 Å². The first-order chi connectivity index (χ1) is 13.3. The first kappa shape index (κ1) is 18.1. The highest BCUT2D eigenvalue weighted by atomic mass is 16.7. The van der Waals surface area contributed by atoms with Gasteiger partial charge in [0.1, 0.15) is 18.5 Å². The third-order valence-electron chi connectivity index (χ3n) is 4.96. The summed E-state index contributed by atoms with van der Waals surface area (Å²) in [5, 5.41) is 10.2. The molecule has 6 heteroatoms. The molecule has 1 saturated heterocycles. The van der Waals surface area contributed by atoms with E-state index in [-0.39, 0.29) is 0 Å². The molecule has 2 aromatic rings. The number of aliphatic hydroxyl groups excluding tert-OH is 1. The number of hydrogen-bond donors (Lipinski definition) is 1. The van der Waals surface area contributed by atoms with Gasteiger partial charge >= 0.3 is 0 Å². The van der Waals surface area contributed by atoms with Crippen molar-refractivity contribution in [1.82, 2.24) is 9.80 Å². The lowest BCUT2D eigenvalue weighted by Crippen LogP contribution is -2.48. The smallest absolute Gasteiger partial charge is 0.231 e. The first-order valence-electron chi connectivity index (χ1n) is 9.45. The molecule has 2 aliphatic rings. The van der Waals surface area contributed by atoms with Crippen LogP contribution in [0.1, 0.15) is 5.56 Å². The van der Waals surface area contributed by atoms with Crippen molar-refractivity contribution < 1.29 is 19.3 Å². The summed E-state index contributed by atoms with van der Waals surface area (Å²) in [5.41, 5.74) is 1.24. The molecule has 1 N–H and O–H groups in total. The van der Waals surface area contributed by atoms with Crippen LogP contribution in [0.2, 0.25) is 0 Å². The summed E-state index contributed by atoms with van der Waals surface area (Å²) in [6.45, 7) is 6.06. The number of piperazine rings is 1. The quantitative estimate of drug-likeness (QED) is 0.804. The topological polar surface area (TPSA) is 54.4 Å². The molecular weight excluding hydrogens is 344 g/mol. The summed E-state index contributed by atoms with van der Waals surface area (Å²) >= 11 is 0. The van der Waals surface area contributed by atoms with E-state index in [1.807, 2.05) is 36.4 Å². The van der Waals surface area contributed by atoms with Gasteiger partial charge in [-0.15, -0.1) is 0 Å². The third kappa shape index (κ3) is 4.91. The monoisotopic (exact) mass is 370 g/mol. The van der Waals surface area contributed by atoms with E-state index in [1.54, 1.807) is 0 Å². The van der Waals surface area contributed by atoms with Crippen LogP contribution >= 0.6 is 0 Å². The number of fused-ring (bicyclic) bond motifs is 1. The van der Waals surface area contributed by atoms with Gasteiger partial charge in [-0.25, -0.2) is 0 Å². The van der Waals surface area contributed by atoms with E-state index < -0.39 is 6.10 Å². The van der Waals surface area contributed by atoms with Gasteiger partial charge in [-0.1, -0.05) is 24.3 Å². The number of aliphatic hydroxyl groups is 1. The van der Waals surface area contributed by atoms with Crippen LogP contribution in [0.5, 0.6) is 17.2 Å². The van der Waals surface area contributed by atoms with Gasteiger partial charge < -0.3 is 19.3 Å². The van der Waals surface area contributed by atoms with Crippen LogP contribution < -0.4 is 14.2 Å². The van der Waals surface area contributed by atoms with E-state index in [0.29, 0.717) is 19.9 Å². The Morgan fingerprint density at radius 1 is 0.926 bits per heavy atom. The molecule has 0 saturated carbocycles. The zero-order chi connectivity index (χ0) is 18.5. The highest BCUT2D eigenvalue weighted by Gasteiger charge is 2.20.